The molecular weight excluding hydrogens is 152 g/mol. The van der Waals surface area contributed by atoms with Crippen molar-refractivity contribution >= 4 is 5.78 Å². The molecule has 2 heteroatoms. The monoisotopic (exact) mass is 172 g/mol. The first-order valence-electron chi connectivity index (χ1n) is 4.60. The van der Waals surface area contributed by atoms with E-state index in [9.17, 15) is 4.79 Å². The largest absolute Gasteiger partial charge is 0.386 e. The van der Waals surface area contributed by atoms with Gasteiger partial charge in [0.05, 0.1) is 0 Å². The minimum atomic E-state index is -0.805. The molecule has 0 bridgehead atoms. The lowest BCUT2D eigenvalue weighted by Gasteiger charge is -2.23. The second-order valence-electron chi connectivity index (χ2n) is 4.23. The summed E-state index contributed by atoms with van der Waals surface area (Å²) in [6.07, 6.45) is 1.80. The van der Waals surface area contributed by atoms with E-state index in [1.54, 1.807) is 0 Å². The van der Waals surface area contributed by atoms with Gasteiger partial charge in [-0.3, -0.25) is 4.79 Å². The van der Waals surface area contributed by atoms with Crippen LogP contribution in [0.1, 0.15) is 47.0 Å². The first-order chi connectivity index (χ1) is 5.39. The molecule has 0 spiro atoms. The van der Waals surface area contributed by atoms with Gasteiger partial charge < -0.3 is 5.11 Å². The van der Waals surface area contributed by atoms with Crippen molar-refractivity contribution in [3.05, 3.63) is 0 Å². The van der Waals surface area contributed by atoms with Crippen LogP contribution < -0.4 is 0 Å². The maximum absolute atomic E-state index is 11.2. The van der Waals surface area contributed by atoms with Crippen LogP contribution in [-0.2, 0) is 4.79 Å². The van der Waals surface area contributed by atoms with Gasteiger partial charge in [0.1, 0.15) is 6.10 Å². The summed E-state index contributed by atoms with van der Waals surface area (Å²) in [5.74, 6) is -0.0477. The highest BCUT2D eigenvalue weighted by molar-refractivity contribution is 5.82. The zero-order valence-corrected chi connectivity index (χ0v) is 8.55. The number of aliphatic hydroxyl groups excluding tert-OH is 1. The molecule has 1 unspecified atom stereocenters. The van der Waals surface area contributed by atoms with E-state index >= 15 is 0 Å². The smallest absolute Gasteiger partial charge is 0.161 e. The van der Waals surface area contributed by atoms with E-state index in [1.807, 2.05) is 0 Å². The lowest BCUT2D eigenvalue weighted by atomic mass is 9.82. The average molecular weight is 172 g/mol. The predicted octanol–water partition coefficient (Wildman–Crippen LogP) is 2.15. The summed E-state index contributed by atoms with van der Waals surface area (Å²) in [5.41, 5.74) is 0.0445. The van der Waals surface area contributed by atoms with E-state index in [-0.39, 0.29) is 11.2 Å². The molecule has 0 aromatic heterocycles. The van der Waals surface area contributed by atoms with E-state index in [4.69, 9.17) is 5.11 Å². The summed E-state index contributed by atoms with van der Waals surface area (Å²) in [4.78, 5) is 11.2. The summed E-state index contributed by atoms with van der Waals surface area (Å²) >= 11 is 0. The first-order valence-corrected chi connectivity index (χ1v) is 4.60. The van der Waals surface area contributed by atoms with Crippen LogP contribution in [0.2, 0.25) is 0 Å². The van der Waals surface area contributed by atoms with Crippen molar-refractivity contribution < 1.29 is 9.90 Å². The van der Waals surface area contributed by atoms with Crippen LogP contribution in [0, 0.1) is 5.41 Å². The summed E-state index contributed by atoms with van der Waals surface area (Å²) in [6, 6.07) is 0. The highest BCUT2D eigenvalue weighted by atomic mass is 16.3. The van der Waals surface area contributed by atoms with Crippen molar-refractivity contribution in [1.29, 1.82) is 0 Å². The standard InChI is InChI=1S/C10H20O2/c1-5-6-10(3,4)7-9(12)8(2)11/h8,11H,5-7H2,1-4H3. The van der Waals surface area contributed by atoms with Gasteiger partial charge in [-0.2, -0.15) is 0 Å². The molecule has 2 nitrogen and oxygen atoms in total. The van der Waals surface area contributed by atoms with Crippen LogP contribution in [0.3, 0.4) is 0 Å². The molecule has 0 heterocycles. The van der Waals surface area contributed by atoms with Gasteiger partial charge >= 0.3 is 0 Å². The quantitative estimate of drug-likeness (QED) is 0.690. The van der Waals surface area contributed by atoms with Crippen molar-refractivity contribution in [2.75, 3.05) is 0 Å². The van der Waals surface area contributed by atoms with Gasteiger partial charge in [0.2, 0.25) is 0 Å². The highest BCUT2D eigenvalue weighted by Gasteiger charge is 2.22. The minimum Gasteiger partial charge on any atom is -0.386 e. The maximum Gasteiger partial charge on any atom is 0.161 e. The van der Waals surface area contributed by atoms with E-state index in [0.717, 1.165) is 12.8 Å². The van der Waals surface area contributed by atoms with Gasteiger partial charge in [0.25, 0.3) is 0 Å². The Morgan fingerprint density at radius 3 is 2.33 bits per heavy atom. The summed E-state index contributed by atoms with van der Waals surface area (Å²) in [6.45, 7) is 7.77. The van der Waals surface area contributed by atoms with Gasteiger partial charge in [0.15, 0.2) is 5.78 Å². The topological polar surface area (TPSA) is 37.3 Å². The molecule has 0 radical (unpaired) electrons. The Hall–Kier alpha value is -0.370. The molecule has 1 atom stereocenters. The second-order valence-corrected chi connectivity index (χ2v) is 4.23. The molecule has 0 aliphatic heterocycles. The molecule has 72 valence electrons. The fraction of sp³-hybridized carbons (Fsp3) is 0.900. The maximum atomic E-state index is 11.2. The highest BCUT2D eigenvalue weighted by Crippen LogP contribution is 2.27. The van der Waals surface area contributed by atoms with Crippen LogP contribution in [0.5, 0.6) is 0 Å². The molecule has 0 aliphatic rings. The molecule has 0 aromatic rings. The van der Waals surface area contributed by atoms with Gasteiger partial charge in [0, 0.05) is 6.42 Å². The zero-order valence-electron chi connectivity index (χ0n) is 8.55. The minimum absolute atomic E-state index is 0.0445. The number of aliphatic hydroxyl groups is 1. The SMILES string of the molecule is CCCC(C)(C)CC(=O)C(C)O. The van der Waals surface area contributed by atoms with Gasteiger partial charge in [-0.25, -0.2) is 0 Å². The molecule has 0 fully saturated rings. The molecule has 0 saturated carbocycles. The Kier molecular flexibility index (Phi) is 4.46. The van der Waals surface area contributed by atoms with Crippen molar-refractivity contribution in [2.45, 2.75) is 53.1 Å². The Balaban J connectivity index is 3.96. The van der Waals surface area contributed by atoms with E-state index in [2.05, 4.69) is 20.8 Å². The molecule has 0 amide bonds. The van der Waals surface area contributed by atoms with Crippen LogP contribution in [0.15, 0.2) is 0 Å². The van der Waals surface area contributed by atoms with E-state index in [1.165, 1.54) is 6.92 Å². The van der Waals surface area contributed by atoms with Crippen molar-refractivity contribution in [3.8, 4) is 0 Å². The van der Waals surface area contributed by atoms with Crippen molar-refractivity contribution in [2.24, 2.45) is 5.41 Å². The van der Waals surface area contributed by atoms with Crippen LogP contribution in [0.4, 0.5) is 0 Å². The lowest BCUT2D eigenvalue weighted by Crippen LogP contribution is -2.24. The number of carbonyl (C=O) groups is 1. The number of rotatable bonds is 5. The average Bonchev–Trinajstić information content (AvgIpc) is 1.85. The van der Waals surface area contributed by atoms with Crippen molar-refractivity contribution in [3.63, 3.8) is 0 Å². The summed E-state index contributed by atoms with van der Waals surface area (Å²) in [5, 5.41) is 9.00. The van der Waals surface area contributed by atoms with E-state index < -0.39 is 6.10 Å². The Morgan fingerprint density at radius 2 is 2.00 bits per heavy atom. The molecule has 0 aliphatic carbocycles. The predicted molar refractivity (Wildman–Crippen MR) is 50.0 cm³/mol. The van der Waals surface area contributed by atoms with Gasteiger partial charge in [-0.15, -0.1) is 0 Å². The van der Waals surface area contributed by atoms with E-state index in [0.29, 0.717) is 6.42 Å². The fourth-order valence-electron chi connectivity index (χ4n) is 1.38. The van der Waals surface area contributed by atoms with Gasteiger partial charge in [-0.1, -0.05) is 27.2 Å². The lowest BCUT2D eigenvalue weighted by molar-refractivity contribution is -0.128. The number of Topliss-reactive ketones (excluding diaryl/α,β-unsaturated/α-hetero) is 1. The normalized spacial score (nSPS) is 14.4. The number of carbonyl (C=O) groups excluding carboxylic acids is 1. The fourth-order valence-corrected chi connectivity index (χ4v) is 1.38. The Labute approximate surface area is 75.0 Å². The molecule has 0 saturated heterocycles. The molecule has 0 rings (SSSR count). The van der Waals surface area contributed by atoms with Crippen LogP contribution >= 0.6 is 0 Å². The number of hydrogen-bond acceptors (Lipinski definition) is 2. The molecule has 1 N–H and O–H groups in total. The Morgan fingerprint density at radius 1 is 1.50 bits per heavy atom. The third-order valence-electron chi connectivity index (χ3n) is 2.05. The number of ketones is 1. The first kappa shape index (κ1) is 11.6. The second kappa shape index (κ2) is 4.61. The zero-order chi connectivity index (χ0) is 9.78. The third-order valence-corrected chi connectivity index (χ3v) is 2.05. The van der Waals surface area contributed by atoms with Gasteiger partial charge in [-0.05, 0) is 18.8 Å². The van der Waals surface area contributed by atoms with Crippen molar-refractivity contribution in [1.82, 2.24) is 0 Å². The summed E-state index contributed by atoms with van der Waals surface area (Å²) in [7, 11) is 0. The molecule has 12 heavy (non-hydrogen) atoms. The Bertz CT molecular complexity index is 148. The van der Waals surface area contributed by atoms with Crippen LogP contribution in [0.25, 0.3) is 0 Å². The molecular formula is C10H20O2. The number of hydrogen-bond donors (Lipinski definition) is 1. The third kappa shape index (κ3) is 4.50. The summed E-state index contributed by atoms with van der Waals surface area (Å²) < 4.78 is 0. The van der Waals surface area contributed by atoms with Crippen LogP contribution in [-0.4, -0.2) is 17.0 Å². The molecule has 0 aromatic carbocycles.